The average Bonchev–Trinajstić information content (AvgIpc) is 3.37. The van der Waals surface area contributed by atoms with Gasteiger partial charge in [-0.05, 0) is 61.2 Å². The van der Waals surface area contributed by atoms with Crippen LogP contribution in [0.3, 0.4) is 0 Å². The summed E-state index contributed by atoms with van der Waals surface area (Å²) in [5.74, 6) is 1.44. The van der Waals surface area contributed by atoms with Crippen molar-refractivity contribution in [3.63, 3.8) is 0 Å². The van der Waals surface area contributed by atoms with Gasteiger partial charge in [0.15, 0.2) is 0 Å². The molecule has 2 aliphatic rings. The van der Waals surface area contributed by atoms with E-state index < -0.39 is 0 Å². The summed E-state index contributed by atoms with van der Waals surface area (Å²) in [5, 5.41) is 4.81. The van der Waals surface area contributed by atoms with Crippen LogP contribution in [0.2, 0.25) is 0 Å². The molecule has 0 N–H and O–H groups in total. The van der Waals surface area contributed by atoms with Gasteiger partial charge in [0.2, 0.25) is 0 Å². The smallest absolute Gasteiger partial charge is 0.133 e. The van der Waals surface area contributed by atoms with Crippen LogP contribution < -0.4 is 0 Å². The van der Waals surface area contributed by atoms with E-state index in [1.165, 1.54) is 37.1 Å². The third-order valence-corrected chi connectivity index (χ3v) is 7.68. The van der Waals surface area contributed by atoms with Crippen molar-refractivity contribution in [1.29, 1.82) is 0 Å². The molecule has 5 heterocycles. The summed E-state index contributed by atoms with van der Waals surface area (Å²) in [6.07, 6.45) is 10.6. The topological polar surface area (TPSA) is 78.2 Å². The number of ether oxygens (including phenoxy) is 2. The van der Waals surface area contributed by atoms with E-state index in [0.29, 0.717) is 31.5 Å². The summed E-state index contributed by atoms with van der Waals surface area (Å²) in [4.78, 5) is 16.4. The first kappa shape index (κ1) is 24.9. The van der Waals surface area contributed by atoms with Crippen LogP contribution in [0, 0.1) is 0 Å². The number of hydrogen-bond acceptors (Lipinski definition) is 7. The molecule has 0 amide bonds. The van der Waals surface area contributed by atoms with Crippen LogP contribution in [-0.2, 0) is 22.4 Å². The molecule has 38 heavy (non-hydrogen) atoms. The molecule has 8 nitrogen and oxygen atoms in total. The number of rotatable bonds is 9. The van der Waals surface area contributed by atoms with Crippen LogP contribution in [0.4, 0.5) is 0 Å². The standard InChI is InChI=1S/C30H34N6O2/c1-37-16-15-36-19-27(30(34-36)25-3-2-11-31-18-25)28-8-12-32-29(33-28)17-22-4-6-23(7-5-22)24-9-13-35(14-10-24)26-20-38-21-26/h2-8,11-12,18-19,24,26H,9-10,13-17,20-21H2,1H3. The Morgan fingerprint density at radius 1 is 1.03 bits per heavy atom. The van der Waals surface area contributed by atoms with Gasteiger partial charge in [0, 0.05) is 49.4 Å². The summed E-state index contributed by atoms with van der Waals surface area (Å²) in [7, 11) is 1.70. The van der Waals surface area contributed by atoms with E-state index in [2.05, 4.69) is 39.1 Å². The molecule has 2 fully saturated rings. The van der Waals surface area contributed by atoms with Crippen LogP contribution in [0.5, 0.6) is 0 Å². The van der Waals surface area contributed by atoms with Gasteiger partial charge in [0.1, 0.15) is 11.5 Å². The van der Waals surface area contributed by atoms with E-state index in [9.17, 15) is 0 Å². The Hall–Kier alpha value is -3.46. The van der Waals surface area contributed by atoms with Gasteiger partial charge in [-0.25, -0.2) is 9.97 Å². The van der Waals surface area contributed by atoms with Crippen molar-refractivity contribution in [3.05, 3.63) is 84.2 Å². The lowest BCUT2D eigenvalue weighted by Gasteiger charge is -2.41. The molecule has 3 aromatic heterocycles. The Morgan fingerprint density at radius 2 is 1.87 bits per heavy atom. The number of hydrogen-bond donors (Lipinski definition) is 0. The minimum atomic E-state index is 0.590. The Labute approximate surface area is 223 Å². The highest BCUT2D eigenvalue weighted by molar-refractivity contribution is 5.78. The van der Waals surface area contributed by atoms with Gasteiger partial charge in [0.25, 0.3) is 0 Å². The van der Waals surface area contributed by atoms with Gasteiger partial charge in [-0.1, -0.05) is 24.3 Å². The highest BCUT2D eigenvalue weighted by Crippen LogP contribution is 2.31. The van der Waals surface area contributed by atoms with E-state index in [0.717, 1.165) is 41.6 Å². The number of benzene rings is 1. The van der Waals surface area contributed by atoms with Crippen molar-refractivity contribution in [3.8, 4) is 22.5 Å². The Kier molecular flexibility index (Phi) is 7.53. The minimum absolute atomic E-state index is 0.590. The second-order valence-electron chi connectivity index (χ2n) is 10.2. The monoisotopic (exact) mass is 510 g/mol. The van der Waals surface area contributed by atoms with Gasteiger partial charge in [0.05, 0.1) is 38.1 Å². The van der Waals surface area contributed by atoms with Crippen LogP contribution in [-0.4, -0.2) is 75.7 Å². The van der Waals surface area contributed by atoms with Gasteiger partial charge >= 0.3 is 0 Å². The summed E-state index contributed by atoms with van der Waals surface area (Å²) in [6.45, 7) is 5.41. The fourth-order valence-electron chi connectivity index (χ4n) is 5.38. The summed E-state index contributed by atoms with van der Waals surface area (Å²) < 4.78 is 12.5. The first-order chi connectivity index (χ1) is 18.8. The van der Waals surface area contributed by atoms with Crippen molar-refractivity contribution < 1.29 is 9.47 Å². The van der Waals surface area contributed by atoms with Gasteiger partial charge in [-0.2, -0.15) is 5.10 Å². The zero-order valence-corrected chi connectivity index (χ0v) is 21.9. The zero-order chi connectivity index (χ0) is 25.7. The third-order valence-electron chi connectivity index (χ3n) is 7.68. The van der Waals surface area contributed by atoms with Crippen LogP contribution >= 0.6 is 0 Å². The molecule has 1 aromatic carbocycles. The largest absolute Gasteiger partial charge is 0.383 e. The number of nitrogens with zero attached hydrogens (tertiary/aromatic N) is 6. The maximum atomic E-state index is 5.37. The third kappa shape index (κ3) is 5.53. The second-order valence-corrected chi connectivity index (χ2v) is 10.2. The zero-order valence-electron chi connectivity index (χ0n) is 21.9. The van der Waals surface area contributed by atoms with E-state index in [-0.39, 0.29) is 0 Å². The molecule has 0 aliphatic carbocycles. The number of pyridine rings is 1. The van der Waals surface area contributed by atoms with Crippen molar-refractivity contribution in [2.75, 3.05) is 40.0 Å². The molecule has 0 saturated carbocycles. The number of methoxy groups -OCH3 is 1. The molecular weight excluding hydrogens is 476 g/mol. The van der Waals surface area contributed by atoms with E-state index in [1.54, 1.807) is 13.3 Å². The minimum Gasteiger partial charge on any atom is -0.383 e. The number of piperidine rings is 1. The fourth-order valence-corrected chi connectivity index (χ4v) is 5.38. The molecule has 4 aromatic rings. The maximum Gasteiger partial charge on any atom is 0.133 e. The Balaban J connectivity index is 1.16. The van der Waals surface area contributed by atoms with Crippen LogP contribution in [0.1, 0.15) is 35.7 Å². The van der Waals surface area contributed by atoms with E-state index in [1.807, 2.05) is 41.5 Å². The lowest BCUT2D eigenvalue weighted by atomic mass is 9.88. The molecule has 196 valence electrons. The lowest BCUT2D eigenvalue weighted by Crippen LogP contribution is -2.51. The van der Waals surface area contributed by atoms with Gasteiger partial charge in [-0.15, -0.1) is 0 Å². The molecule has 0 radical (unpaired) electrons. The first-order valence-electron chi connectivity index (χ1n) is 13.5. The molecule has 0 unspecified atom stereocenters. The predicted molar refractivity (Wildman–Crippen MR) is 146 cm³/mol. The normalized spacial score (nSPS) is 17.0. The number of likely N-dealkylation sites (tertiary alicyclic amines) is 1. The summed E-state index contributed by atoms with van der Waals surface area (Å²) >= 11 is 0. The summed E-state index contributed by atoms with van der Waals surface area (Å²) in [5.41, 5.74) is 6.31. The van der Waals surface area contributed by atoms with Crippen molar-refractivity contribution in [2.24, 2.45) is 0 Å². The fraction of sp³-hybridized carbons (Fsp3) is 0.400. The highest BCUT2D eigenvalue weighted by atomic mass is 16.5. The molecule has 0 bridgehead atoms. The molecule has 0 spiro atoms. The molecule has 2 saturated heterocycles. The van der Waals surface area contributed by atoms with Gasteiger partial charge in [-0.3, -0.25) is 14.6 Å². The van der Waals surface area contributed by atoms with Crippen molar-refractivity contribution in [2.45, 2.75) is 37.8 Å². The molecule has 6 rings (SSSR count). The summed E-state index contributed by atoms with van der Waals surface area (Å²) in [6, 6.07) is 15.6. The van der Waals surface area contributed by atoms with E-state index in [4.69, 9.17) is 19.6 Å². The maximum absolute atomic E-state index is 5.37. The van der Waals surface area contributed by atoms with Crippen LogP contribution in [0.15, 0.2) is 67.3 Å². The van der Waals surface area contributed by atoms with Crippen LogP contribution in [0.25, 0.3) is 22.5 Å². The SMILES string of the molecule is COCCn1cc(-c2ccnc(Cc3ccc(C4CCN(C5COC5)CC4)cc3)n2)c(-c2cccnc2)n1. The molecule has 8 heteroatoms. The Morgan fingerprint density at radius 3 is 2.58 bits per heavy atom. The number of aromatic nitrogens is 5. The quantitative estimate of drug-likeness (QED) is 0.334. The van der Waals surface area contributed by atoms with Crippen molar-refractivity contribution >= 4 is 0 Å². The van der Waals surface area contributed by atoms with Crippen molar-refractivity contribution in [1.82, 2.24) is 29.6 Å². The first-order valence-corrected chi connectivity index (χ1v) is 13.5. The molecule has 0 atom stereocenters. The highest BCUT2D eigenvalue weighted by Gasteiger charge is 2.30. The van der Waals surface area contributed by atoms with Gasteiger partial charge < -0.3 is 9.47 Å². The Bertz CT molecular complexity index is 1330. The predicted octanol–water partition coefficient (Wildman–Crippen LogP) is 4.22. The lowest BCUT2D eigenvalue weighted by molar-refractivity contribution is -0.0712. The molecule has 2 aliphatic heterocycles. The van der Waals surface area contributed by atoms with E-state index >= 15 is 0 Å². The average molecular weight is 511 g/mol. The molecular formula is C30H34N6O2. The second kappa shape index (κ2) is 11.5.